The van der Waals surface area contributed by atoms with Crippen LogP contribution in [0.25, 0.3) is 0 Å². The van der Waals surface area contributed by atoms with Crippen molar-refractivity contribution in [3.8, 4) is 11.5 Å². The average molecular weight is 461 g/mol. The molecule has 4 nitrogen and oxygen atoms in total. The normalized spacial score (nSPS) is 12.0. The highest BCUT2D eigenvalue weighted by Gasteiger charge is 2.33. The second-order valence-electron chi connectivity index (χ2n) is 6.43. The van der Waals surface area contributed by atoms with Crippen LogP contribution in [0, 0.1) is 24.4 Å². The summed E-state index contributed by atoms with van der Waals surface area (Å²) in [7, 11) is -4.20. The van der Waals surface area contributed by atoms with Crippen molar-refractivity contribution in [1.82, 2.24) is 0 Å². The van der Waals surface area contributed by atoms with Crippen LogP contribution in [0.5, 0.6) is 11.5 Å². The van der Waals surface area contributed by atoms with E-state index in [0.717, 1.165) is 23.8 Å². The number of hydrogen-bond acceptors (Lipinski definition) is 3. The maximum absolute atomic E-state index is 14.1. The number of alkyl halides is 3. The third kappa shape index (κ3) is 5.10. The Balaban J connectivity index is 1.91. The van der Waals surface area contributed by atoms with Gasteiger partial charge in [0.15, 0.2) is 17.4 Å². The molecule has 0 fully saturated rings. The Kier molecular flexibility index (Phi) is 5.90. The van der Waals surface area contributed by atoms with E-state index in [1.165, 1.54) is 24.3 Å². The Labute approximate surface area is 173 Å². The molecule has 164 valence electrons. The van der Waals surface area contributed by atoms with Crippen molar-refractivity contribution >= 4 is 15.7 Å². The summed E-state index contributed by atoms with van der Waals surface area (Å²) in [5, 5.41) is 0. The maximum Gasteiger partial charge on any atom is 0.416 e. The molecule has 0 saturated heterocycles. The highest BCUT2D eigenvalue weighted by Crippen LogP contribution is 2.36. The van der Waals surface area contributed by atoms with Crippen molar-refractivity contribution in [3.05, 3.63) is 83.2 Å². The van der Waals surface area contributed by atoms with Gasteiger partial charge in [0.1, 0.15) is 11.6 Å². The third-order valence-corrected chi connectivity index (χ3v) is 5.44. The Hall–Kier alpha value is -3.21. The number of halogens is 6. The molecule has 3 aromatic carbocycles. The van der Waals surface area contributed by atoms with Crippen LogP contribution >= 0.6 is 0 Å². The van der Waals surface area contributed by atoms with E-state index < -0.39 is 56.4 Å². The van der Waals surface area contributed by atoms with Crippen LogP contribution in [0.2, 0.25) is 0 Å². The Morgan fingerprint density at radius 3 is 1.97 bits per heavy atom. The minimum atomic E-state index is -4.97. The number of ether oxygens (including phenoxy) is 1. The summed E-state index contributed by atoms with van der Waals surface area (Å²) in [4.78, 5) is -0.163. The molecule has 1 N–H and O–H groups in total. The van der Waals surface area contributed by atoms with E-state index in [9.17, 15) is 34.8 Å². The predicted molar refractivity (Wildman–Crippen MR) is 99.8 cm³/mol. The summed E-state index contributed by atoms with van der Waals surface area (Å²) in [6, 6.07) is 8.23. The summed E-state index contributed by atoms with van der Waals surface area (Å²) < 4.78 is 112. The first kappa shape index (κ1) is 22.5. The number of hydrogen-bond donors (Lipinski definition) is 1. The lowest BCUT2D eigenvalue weighted by atomic mass is 10.2. The molecule has 0 aromatic heterocycles. The number of sulfonamides is 1. The predicted octanol–water partition coefficient (Wildman–Crippen LogP) is 6.02. The van der Waals surface area contributed by atoms with Gasteiger partial charge in [-0.3, -0.25) is 4.72 Å². The zero-order valence-electron chi connectivity index (χ0n) is 15.6. The van der Waals surface area contributed by atoms with Gasteiger partial charge < -0.3 is 4.74 Å². The number of anilines is 1. The van der Waals surface area contributed by atoms with Gasteiger partial charge in [-0.15, -0.1) is 0 Å². The van der Waals surface area contributed by atoms with Gasteiger partial charge in [-0.1, -0.05) is 17.7 Å². The number of nitrogens with one attached hydrogen (secondary N) is 1. The second kappa shape index (κ2) is 8.14. The maximum atomic E-state index is 14.1. The fourth-order valence-corrected chi connectivity index (χ4v) is 3.56. The molecule has 0 amide bonds. The van der Waals surface area contributed by atoms with E-state index in [1.807, 2.05) is 4.72 Å². The molecule has 0 atom stereocenters. The molecule has 0 aliphatic carbocycles. The number of aryl methyl sites for hydroxylation is 1. The molecule has 3 aromatic rings. The molecule has 0 bridgehead atoms. The van der Waals surface area contributed by atoms with Gasteiger partial charge in [0.25, 0.3) is 10.0 Å². The van der Waals surface area contributed by atoms with Crippen molar-refractivity contribution < 1.29 is 39.5 Å². The molecule has 11 heteroatoms. The minimum absolute atomic E-state index is 0.0446. The van der Waals surface area contributed by atoms with Crippen LogP contribution in [0.4, 0.5) is 32.0 Å². The Bertz CT molecular complexity index is 1200. The first-order valence-corrected chi connectivity index (χ1v) is 9.98. The third-order valence-electron chi connectivity index (χ3n) is 4.06. The molecule has 0 radical (unpaired) electrons. The van der Waals surface area contributed by atoms with Gasteiger partial charge in [0, 0.05) is 6.07 Å². The van der Waals surface area contributed by atoms with Gasteiger partial charge in [0.05, 0.1) is 16.1 Å². The standard InChI is InChI=1S/C20H13F6NO3S/c1-11-2-5-14(6-3-11)31(28,29)27-18-10-13(4-7-15(18)21)30-19-16(22)8-12(9-17(19)23)20(24,25)26/h2-10,27H,1H3. The lowest BCUT2D eigenvalue weighted by molar-refractivity contribution is -0.138. The van der Waals surface area contributed by atoms with E-state index in [1.54, 1.807) is 6.92 Å². The summed E-state index contributed by atoms with van der Waals surface area (Å²) >= 11 is 0. The van der Waals surface area contributed by atoms with Gasteiger partial charge >= 0.3 is 6.18 Å². The van der Waals surface area contributed by atoms with E-state index >= 15 is 0 Å². The zero-order chi connectivity index (χ0) is 23.0. The van der Waals surface area contributed by atoms with Crippen LogP contribution in [-0.4, -0.2) is 8.42 Å². The van der Waals surface area contributed by atoms with Gasteiger partial charge in [0.2, 0.25) is 0 Å². The van der Waals surface area contributed by atoms with Gasteiger partial charge in [-0.2, -0.15) is 13.2 Å². The number of benzene rings is 3. The molecule has 0 saturated carbocycles. The lowest BCUT2D eigenvalue weighted by Gasteiger charge is -2.13. The highest BCUT2D eigenvalue weighted by molar-refractivity contribution is 7.92. The van der Waals surface area contributed by atoms with Crippen LogP contribution in [-0.2, 0) is 16.2 Å². The van der Waals surface area contributed by atoms with Gasteiger partial charge in [-0.05, 0) is 43.3 Å². The number of rotatable bonds is 5. The van der Waals surface area contributed by atoms with Crippen LogP contribution in [0.15, 0.2) is 59.5 Å². The summed E-state index contributed by atoms with van der Waals surface area (Å²) in [6.07, 6.45) is -4.97. The molecule has 0 aliphatic heterocycles. The molecule has 0 heterocycles. The minimum Gasteiger partial charge on any atom is -0.451 e. The summed E-state index contributed by atoms with van der Waals surface area (Å²) in [5.74, 6) is -5.87. The monoisotopic (exact) mass is 461 g/mol. The zero-order valence-corrected chi connectivity index (χ0v) is 16.4. The second-order valence-corrected chi connectivity index (χ2v) is 8.11. The molecule has 0 aliphatic rings. The Morgan fingerprint density at radius 2 is 1.42 bits per heavy atom. The van der Waals surface area contributed by atoms with Crippen molar-refractivity contribution in [2.75, 3.05) is 4.72 Å². The first-order chi connectivity index (χ1) is 14.4. The molecular weight excluding hydrogens is 448 g/mol. The van der Waals surface area contributed by atoms with E-state index in [-0.39, 0.29) is 17.0 Å². The van der Waals surface area contributed by atoms with E-state index in [2.05, 4.69) is 0 Å². The highest BCUT2D eigenvalue weighted by atomic mass is 32.2. The molecule has 3 rings (SSSR count). The van der Waals surface area contributed by atoms with Crippen LogP contribution < -0.4 is 9.46 Å². The largest absolute Gasteiger partial charge is 0.451 e. The Morgan fingerprint density at radius 1 is 0.839 bits per heavy atom. The first-order valence-electron chi connectivity index (χ1n) is 8.50. The molecule has 0 unspecified atom stereocenters. The fourth-order valence-electron chi connectivity index (χ4n) is 2.51. The van der Waals surface area contributed by atoms with Crippen LogP contribution in [0.3, 0.4) is 0 Å². The quantitative estimate of drug-likeness (QED) is 0.473. The molecule has 31 heavy (non-hydrogen) atoms. The SMILES string of the molecule is Cc1ccc(S(=O)(=O)Nc2cc(Oc3c(F)cc(C(F)(F)F)cc3F)ccc2F)cc1. The van der Waals surface area contributed by atoms with Crippen molar-refractivity contribution in [2.24, 2.45) is 0 Å². The van der Waals surface area contributed by atoms with E-state index in [0.29, 0.717) is 0 Å². The smallest absolute Gasteiger partial charge is 0.416 e. The lowest BCUT2D eigenvalue weighted by Crippen LogP contribution is -2.14. The van der Waals surface area contributed by atoms with E-state index in [4.69, 9.17) is 4.74 Å². The fraction of sp³-hybridized carbons (Fsp3) is 0.100. The molecular formula is C20H13F6NO3S. The average Bonchev–Trinajstić information content (AvgIpc) is 2.66. The summed E-state index contributed by atoms with van der Waals surface area (Å²) in [6.45, 7) is 1.74. The van der Waals surface area contributed by atoms with Crippen molar-refractivity contribution in [2.45, 2.75) is 18.0 Å². The topological polar surface area (TPSA) is 55.4 Å². The van der Waals surface area contributed by atoms with Crippen molar-refractivity contribution in [1.29, 1.82) is 0 Å². The van der Waals surface area contributed by atoms with Gasteiger partial charge in [-0.25, -0.2) is 21.6 Å². The summed E-state index contributed by atoms with van der Waals surface area (Å²) in [5.41, 5.74) is -1.35. The van der Waals surface area contributed by atoms with Crippen LogP contribution in [0.1, 0.15) is 11.1 Å². The van der Waals surface area contributed by atoms with Crippen molar-refractivity contribution in [3.63, 3.8) is 0 Å². The molecule has 0 spiro atoms.